The third-order valence-corrected chi connectivity index (χ3v) is 3.17. The smallest absolute Gasteiger partial charge is 0.167 e. The fourth-order valence-corrected chi connectivity index (χ4v) is 1.93. The number of Topliss-reactive ketones (excluding diaryl/α,β-unsaturated/α-hetero) is 1. The van der Waals surface area contributed by atoms with E-state index in [1.54, 1.807) is 18.2 Å². The van der Waals surface area contributed by atoms with Crippen LogP contribution in [-0.4, -0.2) is 5.78 Å². The summed E-state index contributed by atoms with van der Waals surface area (Å²) < 4.78 is 13.2. The summed E-state index contributed by atoms with van der Waals surface area (Å²) in [6.45, 7) is 2.33. The molecule has 0 heterocycles. The van der Waals surface area contributed by atoms with Crippen molar-refractivity contribution in [3.63, 3.8) is 0 Å². The van der Waals surface area contributed by atoms with Crippen LogP contribution in [0.25, 0.3) is 0 Å². The summed E-state index contributed by atoms with van der Waals surface area (Å²) in [6.07, 6.45) is 0.214. The number of halogens is 1. The van der Waals surface area contributed by atoms with Crippen molar-refractivity contribution in [3.8, 4) is 0 Å². The van der Waals surface area contributed by atoms with Crippen LogP contribution in [0.2, 0.25) is 0 Å². The van der Waals surface area contributed by atoms with Gasteiger partial charge in [-0.1, -0.05) is 30.3 Å². The topological polar surface area (TPSA) is 43.1 Å². The van der Waals surface area contributed by atoms with Gasteiger partial charge < -0.3 is 5.73 Å². The van der Waals surface area contributed by atoms with E-state index in [0.717, 1.165) is 16.7 Å². The van der Waals surface area contributed by atoms with Crippen molar-refractivity contribution in [1.82, 2.24) is 0 Å². The summed E-state index contributed by atoms with van der Waals surface area (Å²) >= 11 is 0. The predicted octanol–water partition coefficient (Wildman–Crippen LogP) is 3.02. The third kappa shape index (κ3) is 3.26. The van der Waals surface area contributed by atoms with Crippen molar-refractivity contribution < 1.29 is 9.18 Å². The summed E-state index contributed by atoms with van der Waals surface area (Å²) in [5, 5.41) is 0. The van der Waals surface area contributed by atoms with E-state index < -0.39 is 0 Å². The van der Waals surface area contributed by atoms with Gasteiger partial charge in [-0.25, -0.2) is 4.39 Å². The first-order chi connectivity index (χ1) is 9.10. The molecule has 2 N–H and O–H groups in total. The van der Waals surface area contributed by atoms with Crippen LogP contribution < -0.4 is 5.73 Å². The number of rotatable bonds is 4. The third-order valence-electron chi connectivity index (χ3n) is 3.17. The van der Waals surface area contributed by atoms with Gasteiger partial charge in [-0.15, -0.1) is 0 Å². The molecule has 0 aliphatic heterocycles. The molecule has 2 aromatic rings. The van der Waals surface area contributed by atoms with Crippen LogP contribution in [0.5, 0.6) is 0 Å². The van der Waals surface area contributed by atoms with Gasteiger partial charge in [0.1, 0.15) is 5.82 Å². The van der Waals surface area contributed by atoms with Crippen molar-refractivity contribution in [1.29, 1.82) is 0 Å². The Morgan fingerprint density at radius 1 is 1.16 bits per heavy atom. The molecule has 0 saturated carbocycles. The Morgan fingerprint density at radius 2 is 1.84 bits per heavy atom. The summed E-state index contributed by atoms with van der Waals surface area (Å²) in [4.78, 5) is 12.1. The Morgan fingerprint density at radius 3 is 2.47 bits per heavy atom. The molecular weight excluding hydrogens is 241 g/mol. The Kier molecular flexibility index (Phi) is 4.07. The number of nitrogens with two attached hydrogens (primary N) is 1. The predicted molar refractivity (Wildman–Crippen MR) is 73.5 cm³/mol. The Hall–Kier alpha value is -2.00. The van der Waals surface area contributed by atoms with Gasteiger partial charge in [0.05, 0.1) is 0 Å². The molecule has 98 valence electrons. The van der Waals surface area contributed by atoms with Gasteiger partial charge in [0.25, 0.3) is 0 Å². The number of carbonyl (C=O) groups excluding carboxylic acids is 1. The molecule has 0 bridgehead atoms. The molecule has 0 fully saturated rings. The molecule has 0 unspecified atom stereocenters. The van der Waals surface area contributed by atoms with Crippen molar-refractivity contribution in [3.05, 3.63) is 70.5 Å². The van der Waals surface area contributed by atoms with Crippen LogP contribution in [0.4, 0.5) is 4.39 Å². The highest BCUT2D eigenvalue weighted by molar-refractivity contribution is 5.97. The molecule has 0 aromatic heterocycles. The molecule has 19 heavy (non-hydrogen) atoms. The minimum Gasteiger partial charge on any atom is -0.326 e. The minimum atomic E-state index is -0.313. The molecule has 0 saturated heterocycles. The van der Waals surface area contributed by atoms with Gasteiger partial charge in [-0.2, -0.15) is 0 Å². The molecule has 2 rings (SSSR count). The second-order valence-corrected chi connectivity index (χ2v) is 4.57. The van der Waals surface area contributed by atoms with Gasteiger partial charge in [-0.3, -0.25) is 4.79 Å². The SMILES string of the molecule is Cc1ccc(F)cc1CC(=O)c1ccc(CN)cc1. The Bertz CT molecular complexity index is 590. The minimum absolute atomic E-state index is 0.0164. The zero-order valence-corrected chi connectivity index (χ0v) is 10.8. The quantitative estimate of drug-likeness (QED) is 0.855. The largest absolute Gasteiger partial charge is 0.326 e. The second kappa shape index (κ2) is 5.76. The van der Waals surface area contributed by atoms with Crippen molar-refractivity contribution >= 4 is 5.78 Å². The summed E-state index contributed by atoms with van der Waals surface area (Å²) in [5.41, 5.74) is 8.77. The normalized spacial score (nSPS) is 10.5. The number of ketones is 1. The van der Waals surface area contributed by atoms with E-state index in [4.69, 9.17) is 5.73 Å². The van der Waals surface area contributed by atoms with E-state index in [1.807, 2.05) is 19.1 Å². The highest BCUT2D eigenvalue weighted by atomic mass is 19.1. The van der Waals surface area contributed by atoms with E-state index >= 15 is 0 Å². The average molecular weight is 257 g/mol. The number of aryl methyl sites for hydroxylation is 1. The van der Waals surface area contributed by atoms with Crippen molar-refractivity contribution in [2.75, 3.05) is 0 Å². The van der Waals surface area contributed by atoms with E-state index in [2.05, 4.69) is 0 Å². The highest BCUT2D eigenvalue weighted by Gasteiger charge is 2.09. The molecule has 0 atom stereocenters. The van der Waals surface area contributed by atoms with Crippen LogP contribution in [0.15, 0.2) is 42.5 Å². The lowest BCUT2D eigenvalue weighted by Crippen LogP contribution is -2.06. The molecular formula is C16H16FNO. The van der Waals surface area contributed by atoms with Crippen LogP contribution in [0, 0.1) is 12.7 Å². The van der Waals surface area contributed by atoms with E-state index in [9.17, 15) is 9.18 Å². The van der Waals surface area contributed by atoms with Gasteiger partial charge in [0, 0.05) is 18.5 Å². The van der Waals surface area contributed by atoms with Crippen LogP contribution in [0.3, 0.4) is 0 Å². The van der Waals surface area contributed by atoms with Gasteiger partial charge in [-0.05, 0) is 35.7 Å². The zero-order valence-electron chi connectivity index (χ0n) is 10.8. The molecule has 0 aliphatic carbocycles. The Balaban J connectivity index is 2.18. The lowest BCUT2D eigenvalue weighted by molar-refractivity contribution is 0.0992. The van der Waals surface area contributed by atoms with Crippen LogP contribution >= 0.6 is 0 Å². The van der Waals surface area contributed by atoms with Gasteiger partial charge in [0.15, 0.2) is 5.78 Å². The maximum Gasteiger partial charge on any atom is 0.167 e. The van der Waals surface area contributed by atoms with Crippen LogP contribution in [0.1, 0.15) is 27.0 Å². The fraction of sp³-hybridized carbons (Fsp3) is 0.188. The standard InChI is InChI=1S/C16H16FNO/c1-11-2-7-15(17)8-14(11)9-16(19)13-5-3-12(10-18)4-6-13/h2-8H,9-10,18H2,1H3. The fourth-order valence-electron chi connectivity index (χ4n) is 1.93. The lowest BCUT2D eigenvalue weighted by atomic mass is 9.99. The highest BCUT2D eigenvalue weighted by Crippen LogP contribution is 2.14. The first kappa shape index (κ1) is 13.4. The summed E-state index contributed by atoms with van der Waals surface area (Å²) in [5.74, 6) is -0.329. The second-order valence-electron chi connectivity index (χ2n) is 4.57. The molecule has 2 nitrogen and oxygen atoms in total. The molecule has 3 heteroatoms. The molecule has 0 radical (unpaired) electrons. The molecule has 0 aliphatic rings. The van der Waals surface area contributed by atoms with Crippen molar-refractivity contribution in [2.24, 2.45) is 5.73 Å². The number of benzene rings is 2. The first-order valence-electron chi connectivity index (χ1n) is 6.17. The maximum atomic E-state index is 13.2. The number of hydrogen-bond donors (Lipinski definition) is 1. The van der Waals surface area contributed by atoms with E-state index in [0.29, 0.717) is 12.1 Å². The average Bonchev–Trinajstić information content (AvgIpc) is 2.43. The molecule has 0 amide bonds. The number of hydrogen-bond acceptors (Lipinski definition) is 2. The van der Waals surface area contributed by atoms with Gasteiger partial charge >= 0.3 is 0 Å². The Labute approximate surface area is 112 Å². The van der Waals surface area contributed by atoms with Gasteiger partial charge in [0.2, 0.25) is 0 Å². The maximum absolute atomic E-state index is 13.2. The summed E-state index contributed by atoms with van der Waals surface area (Å²) in [6, 6.07) is 11.7. The lowest BCUT2D eigenvalue weighted by Gasteiger charge is -2.06. The zero-order chi connectivity index (χ0) is 13.8. The first-order valence-corrected chi connectivity index (χ1v) is 6.17. The number of carbonyl (C=O) groups is 1. The summed E-state index contributed by atoms with van der Waals surface area (Å²) in [7, 11) is 0. The molecule has 2 aromatic carbocycles. The van der Waals surface area contributed by atoms with E-state index in [-0.39, 0.29) is 18.0 Å². The van der Waals surface area contributed by atoms with Crippen LogP contribution in [-0.2, 0) is 13.0 Å². The van der Waals surface area contributed by atoms with Crippen molar-refractivity contribution in [2.45, 2.75) is 19.9 Å². The van der Waals surface area contributed by atoms with E-state index in [1.165, 1.54) is 12.1 Å². The monoisotopic (exact) mass is 257 g/mol. The molecule has 0 spiro atoms.